The van der Waals surface area contributed by atoms with Crippen LogP contribution in [0.15, 0.2) is 18.2 Å². The highest BCUT2D eigenvalue weighted by Gasteiger charge is 2.29. The van der Waals surface area contributed by atoms with Crippen LogP contribution in [0.3, 0.4) is 0 Å². The molecule has 0 aromatic heterocycles. The molecule has 1 aromatic rings. The lowest BCUT2D eigenvalue weighted by molar-refractivity contribution is -0.383. The van der Waals surface area contributed by atoms with Crippen molar-refractivity contribution >= 4 is 17.1 Å². The van der Waals surface area contributed by atoms with Gasteiger partial charge in [-0.2, -0.15) is 0 Å². The monoisotopic (exact) mass is 279 g/mol. The van der Waals surface area contributed by atoms with Gasteiger partial charge < -0.3 is 15.0 Å². The molecule has 2 rings (SSSR count). The molecule has 1 saturated heterocycles. The molecular formula is C14H21N3O3. The molecule has 6 heteroatoms. The zero-order valence-electron chi connectivity index (χ0n) is 12.1. The van der Waals surface area contributed by atoms with Crippen LogP contribution in [0.25, 0.3) is 0 Å². The second kappa shape index (κ2) is 6.09. The number of nitro benzene ring substituents is 1. The largest absolute Gasteiger partial charge is 0.380 e. The summed E-state index contributed by atoms with van der Waals surface area (Å²) in [5.74, 6) is 0. The molecule has 1 N–H and O–H groups in total. The second-order valence-electron chi connectivity index (χ2n) is 5.12. The Balaban J connectivity index is 2.39. The van der Waals surface area contributed by atoms with Gasteiger partial charge in [-0.05, 0) is 32.9 Å². The number of nitrogens with zero attached hydrogens (tertiary/aromatic N) is 2. The van der Waals surface area contributed by atoms with Crippen LogP contribution >= 0.6 is 0 Å². The second-order valence-corrected chi connectivity index (χ2v) is 5.12. The van der Waals surface area contributed by atoms with Crippen molar-refractivity contribution in [1.29, 1.82) is 0 Å². The summed E-state index contributed by atoms with van der Waals surface area (Å²) in [5.41, 5.74) is 1.38. The van der Waals surface area contributed by atoms with Gasteiger partial charge in [0.1, 0.15) is 11.4 Å². The molecule has 0 unspecified atom stereocenters. The number of rotatable bonds is 4. The first-order chi connectivity index (χ1) is 9.52. The molecule has 1 aliphatic rings. The van der Waals surface area contributed by atoms with Gasteiger partial charge in [-0.1, -0.05) is 6.07 Å². The SMILES string of the molecule is CCNc1cccc(N2C[C@@H](C)O[C@@H](C)C2)c1[N+](=O)[O-]. The van der Waals surface area contributed by atoms with Crippen LogP contribution in [-0.2, 0) is 4.74 Å². The minimum absolute atomic E-state index is 0.0705. The van der Waals surface area contributed by atoms with E-state index in [1.807, 2.05) is 37.8 Å². The van der Waals surface area contributed by atoms with E-state index in [9.17, 15) is 10.1 Å². The molecule has 0 aliphatic carbocycles. The molecule has 0 saturated carbocycles. The Morgan fingerprint density at radius 2 is 2.05 bits per heavy atom. The molecule has 1 aliphatic heterocycles. The average Bonchev–Trinajstić information content (AvgIpc) is 2.37. The fraction of sp³-hybridized carbons (Fsp3) is 0.571. The van der Waals surface area contributed by atoms with Gasteiger partial charge in [-0.3, -0.25) is 10.1 Å². The highest BCUT2D eigenvalue weighted by Crippen LogP contribution is 2.36. The highest BCUT2D eigenvalue weighted by molar-refractivity contribution is 5.77. The molecule has 1 aromatic carbocycles. The van der Waals surface area contributed by atoms with Crippen LogP contribution in [-0.4, -0.2) is 36.8 Å². The van der Waals surface area contributed by atoms with Crippen LogP contribution in [0, 0.1) is 10.1 Å². The standard InChI is InChI=1S/C14H21N3O3/c1-4-15-12-6-5-7-13(14(12)17(18)19)16-8-10(2)20-11(3)9-16/h5-7,10-11,15H,4,8-9H2,1-3H3/t10-,11+. The van der Waals surface area contributed by atoms with Crippen molar-refractivity contribution in [1.82, 2.24) is 0 Å². The molecule has 1 heterocycles. The Bertz CT molecular complexity index is 483. The Morgan fingerprint density at radius 1 is 1.40 bits per heavy atom. The number of para-hydroxylation sites is 1. The van der Waals surface area contributed by atoms with Gasteiger partial charge >= 0.3 is 5.69 Å². The molecule has 1 fully saturated rings. The minimum Gasteiger partial charge on any atom is -0.380 e. The molecule has 20 heavy (non-hydrogen) atoms. The molecule has 0 amide bonds. The summed E-state index contributed by atoms with van der Waals surface area (Å²) in [4.78, 5) is 13.2. The van der Waals surface area contributed by atoms with Gasteiger partial charge in [0.15, 0.2) is 0 Å². The van der Waals surface area contributed by atoms with Crippen molar-refractivity contribution < 1.29 is 9.66 Å². The average molecular weight is 279 g/mol. The maximum absolute atomic E-state index is 11.4. The number of anilines is 2. The normalized spacial score (nSPS) is 22.6. The first kappa shape index (κ1) is 14.6. The summed E-state index contributed by atoms with van der Waals surface area (Å²) in [7, 11) is 0. The molecule has 0 radical (unpaired) electrons. The van der Waals surface area contributed by atoms with Crippen molar-refractivity contribution in [3.05, 3.63) is 28.3 Å². The van der Waals surface area contributed by atoms with Crippen LogP contribution in [0.4, 0.5) is 17.1 Å². The van der Waals surface area contributed by atoms with Gasteiger partial charge in [0, 0.05) is 19.6 Å². The van der Waals surface area contributed by atoms with Crippen molar-refractivity contribution in [3.63, 3.8) is 0 Å². The fourth-order valence-corrected chi connectivity index (χ4v) is 2.69. The quantitative estimate of drug-likeness (QED) is 0.678. The topological polar surface area (TPSA) is 67.6 Å². The predicted molar refractivity (Wildman–Crippen MR) is 79.5 cm³/mol. The zero-order chi connectivity index (χ0) is 14.7. The third-order valence-corrected chi connectivity index (χ3v) is 3.32. The van der Waals surface area contributed by atoms with Crippen molar-refractivity contribution in [2.75, 3.05) is 29.9 Å². The van der Waals surface area contributed by atoms with Gasteiger partial charge in [-0.15, -0.1) is 0 Å². The van der Waals surface area contributed by atoms with Gasteiger partial charge in [0.25, 0.3) is 0 Å². The third kappa shape index (κ3) is 3.01. The van der Waals surface area contributed by atoms with Crippen LogP contribution in [0.2, 0.25) is 0 Å². The molecule has 0 bridgehead atoms. The Morgan fingerprint density at radius 3 is 2.60 bits per heavy atom. The Kier molecular flexibility index (Phi) is 4.44. The van der Waals surface area contributed by atoms with E-state index >= 15 is 0 Å². The van der Waals surface area contributed by atoms with Crippen LogP contribution in [0.5, 0.6) is 0 Å². The van der Waals surface area contributed by atoms with E-state index in [2.05, 4.69) is 5.32 Å². The summed E-state index contributed by atoms with van der Waals surface area (Å²) in [6.45, 7) is 7.89. The number of benzene rings is 1. The summed E-state index contributed by atoms with van der Waals surface area (Å²) >= 11 is 0. The number of nitrogens with one attached hydrogen (secondary N) is 1. The number of hydrogen-bond donors (Lipinski definition) is 1. The zero-order valence-corrected chi connectivity index (χ0v) is 12.1. The van der Waals surface area contributed by atoms with E-state index in [4.69, 9.17) is 4.74 Å². The summed E-state index contributed by atoms with van der Waals surface area (Å²) in [6.07, 6.45) is 0.141. The van der Waals surface area contributed by atoms with E-state index in [0.29, 0.717) is 31.0 Å². The smallest absolute Gasteiger partial charge is 0.315 e. The van der Waals surface area contributed by atoms with Crippen LogP contribution < -0.4 is 10.2 Å². The summed E-state index contributed by atoms with van der Waals surface area (Å²) in [6, 6.07) is 5.41. The minimum atomic E-state index is -0.307. The predicted octanol–water partition coefficient (Wildman–Crippen LogP) is 2.64. The maximum Gasteiger partial charge on any atom is 0.315 e. The lowest BCUT2D eigenvalue weighted by atomic mass is 10.1. The van der Waals surface area contributed by atoms with Gasteiger partial charge in [0.2, 0.25) is 0 Å². The number of hydrogen-bond acceptors (Lipinski definition) is 5. The lowest BCUT2D eigenvalue weighted by Crippen LogP contribution is -2.45. The molecule has 6 nitrogen and oxygen atoms in total. The van der Waals surface area contributed by atoms with E-state index in [-0.39, 0.29) is 22.8 Å². The van der Waals surface area contributed by atoms with E-state index in [0.717, 1.165) is 0 Å². The summed E-state index contributed by atoms with van der Waals surface area (Å²) in [5, 5.41) is 14.5. The number of morpholine rings is 1. The fourth-order valence-electron chi connectivity index (χ4n) is 2.69. The number of nitro groups is 1. The first-order valence-electron chi connectivity index (χ1n) is 6.94. The van der Waals surface area contributed by atoms with E-state index < -0.39 is 0 Å². The van der Waals surface area contributed by atoms with E-state index in [1.165, 1.54) is 0 Å². The molecule has 2 atom stereocenters. The van der Waals surface area contributed by atoms with Gasteiger partial charge in [0.05, 0.1) is 17.1 Å². The third-order valence-electron chi connectivity index (χ3n) is 3.32. The maximum atomic E-state index is 11.4. The Labute approximate surface area is 118 Å². The molecular weight excluding hydrogens is 258 g/mol. The molecule has 110 valence electrons. The van der Waals surface area contributed by atoms with Crippen molar-refractivity contribution in [2.45, 2.75) is 33.0 Å². The lowest BCUT2D eigenvalue weighted by Gasteiger charge is -2.36. The highest BCUT2D eigenvalue weighted by atomic mass is 16.6. The van der Waals surface area contributed by atoms with Gasteiger partial charge in [-0.25, -0.2) is 0 Å². The molecule has 0 spiro atoms. The van der Waals surface area contributed by atoms with Crippen molar-refractivity contribution in [3.8, 4) is 0 Å². The van der Waals surface area contributed by atoms with E-state index in [1.54, 1.807) is 6.07 Å². The van der Waals surface area contributed by atoms with Crippen molar-refractivity contribution in [2.24, 2.45) is 0 Å². The number of ether oxygens (including phenoxy) is 1. The Hall–Kier alpha value is -1.82. The van der Waals surface area contributed by atoms with Crippen LogP contribution in [0.1, 0.15) is 20.8 Å². The first-order valence-corrected chi connectivity index (χ1v) is 6.94. The summed E-state index contributed by atoms with van der Waals surface area (Å²) < 4.78 is 5.69.